The molecule has 0 spiro atoms. The maximum absolute atomic E-state index is 12.7. The van der Waals surface area contributed by atoms with Gasteiger partial charge in [0.15, 0.2) is 5.78 Å². The largest absolute Gasteiger partial charge is 0.293 e. The van der Waals surface area contributed by atoms with Crippen LogP contribution in [0.5, 0.6) is 0 Å². The van der Waals surface area contributed by atoms with Gasteiger partial charge < -0.3 is 0 Å². The minimum atomic E-state index is -3.75. The molecule has 4 nitrogen and oxygen atoms in total. The third-order valence-electron chi connectivity index (χ3n) is 3.86. The zero-order chi connectivity index (χ0) is 18.3. The van der Waals surface area contributed by atoms with Gasteiger partial charge in [0.25, 0.3) is 10.0 Å². The molecule has 24 heavy (non-hydrogen) atoms. The average molecular weight is 477 g/mol. The molecule has 0 unspecified atom stereocenters. The van der Waals surface area contributed by atoms with E-state index in [-0.39, 0.29) is 16.6 Å². The van der Waals surface area contributed by atoms with E-state index in [0.29, 0.717) is 15.8 Å². The van der Waals surface area contributed by atoms with Gasteiger partial charge in [-0.15, -0.1) is 0 Å². The number of allylic oxidation sites excluding steroid dienone is 3. The van der Waals surface area contributed by atoms with Crippen molar-refractivity contribution >= 4 is 47.7 Å². The normalized spacial score (nSPS) is 22.0. The number of rotatable bonds is 4. The number of hydrogen-bond donors (Lipinski definition) is 1. The van der Waals surface area contributed by atoms with Crippen molar-refractivity contribution in [2.24, 2.45) is 5.92 Å². The van der Waals surface area contributed by atoms with Gasteiger partial charge in [-0.2, -0.15) is 0 Å². The van der Waals surface area contributed by atoms with Crippen molar-refractivity contribution in [2.45, 2.75) is 36.9 Å². The number of benzene rings is 1. The highest BCUT2D eigenvalue weighted by atomic mass is 79.9. The van der Waals surface area contributed by atoms with E-state index in [1.807, 2.05) is 20.8 Å². The first-order valence-electron chi connectivity index (χ1n) is 7.42. The summed E-state index contributed by atoms with van der Waals surface area (Å²) < 4.78 is 27.6. The first kappa shape index (κ1) is 19.4. The van der Waals surface area contributed by atoms with E-state index in [9.17, 15) is 13.2 Å². The van der Waals surface area contributed by atoms with E-state index in [0.717, 1.165) is 5.56 Å². The Bertz CT molecular complexity index is 835. The zero-order valence-electron chi connectivity index (χ0n) is 13.9. The third kappa shape index (κ3) is 3.68. The highest BCUT2D eigenvalue weighted by Crippen LogP contribution is 2.42. The SMILES string of the molecule is Cc1ccc(S(=O)(=O)NC2=C(Br)[C@](C)(Br)C(=O)C=C2C(C)C)cc1. The number of carbonyl (C=O) groups is 1. The number of alkyl halides is 1. The molecule has 1 aliphatic carbocycles. The Morgan fingerprint density at radius 3 is 2.21 bits per heavy atom. The van der Waals surface area contributed by atoms with Crippen LogP contribution in [-0.2, 0) is 14.8 Å². The minimum Gasteiger partial charge on any atom is -0.293 e. The molecule has 0 heterocycles. The summed E-state index contributed by atoms with van der Waals surface area (Å²) in [6, 6.07) is 6.62. The molecule has 7 heteroatoms. The van der Waals surface area contributed by atoms with E-state index in [2.05, 4.69) is 36.6 Å². The van der Waals surface area contributed by atoms with Gasteiger partial charge in [0, 0.05) is 4.48 Å². The van der Waals surface area contributed by atoms with Gasteiger partial charge in [-0.05, 0) is 43.5 Å². The molecule has 1 aromatic carbocycles. The summed E-state index contributed by atoms with van der Waals surface area (Å²) in [6.45, 7) is 7.41. The lowest BCUT2D eigenvalue weighted by Crippen LogP contribution is -2.37. The van der Waals surface area contributed by atoms with Crippen molar-refractivity contribution < 1.29 is 13.2 Å². The number of hydrogen-bond acceptors (Lipinski definition) is 3. The van der Waals surface area contributed by atoms with Gasteiger partial charge in [-0.1, -0.05) is 63.4 Å². The predicted molar refractivity (Wildman–Crippen MR) is 103 cm³/mol. The first-order chi connectivity index (χ1) is 11.0. The molecule has 0 fully saturated rings. The molecule has 1 atom stereocenters. The Morgan fingerprint density at radius 2 is 1.71 bits per heavy atom. The quantitative estimate of drug-likeness (QED) is 0.662. The zero-order valence-corrected chi connectivity index (χ0v) is 17.8. The maximum Gasteiger partial charge on any atom is 0.261 e. The van der Waals surface area contributed by atoms with Gasteiger partial charge in [0.1, 0.15) is 4.32 Å². The standard InChI is InChI=1S/C17H19Br2NO3S/c1-10(2)13-9-14(21)17(4,19)16(18)15(13)20-24(22,23)12-7-5-11(3)6-8-12/h5-10,20H,1-4H3/t17-/m1/s1. The summed E-state index contributed by atoms with van der Waals surface area (Å²) in [7, 11) is -3.75. The second kappa shape index (κ2) is 6.77. The Labute approximate surface area is 159 Å². The number of ketones is 1. The third-order valence-corrected chi connectivity index (χ3v) is 7.73. The van der Waals surface area contributed by atoms with Crippen LogP contribution in [0, 0.1) is 12.8 Å². The van der Waals surface area contributed by atoms with Gasteiger partial charge >= 0.3 is 0 Å². The van der Waals surface area contributed by atoms with Crippen molar-refractivity contribution in [3.63, 3.8) is 0 Å². The number of nitrogens with one attached hydrogen (secondary N) is 1. The summed E-state index contributed by atoms with van der Waals surface area (Å²) in [6.07, 6.45) is 1.50. The molecule has 0 saturated heterocycles. The van der Waals surface area contributed by atoms with Gasteiger partial charge in [0.2, 0.25) is 0 Å². The molecule has 0 aliphatic heterocycles. The second-order valence-corrected chi connectivity index (χ2v) is 10.3. The fourth-order valence-corrected chi connectivity index (χ4v) is 4.36. The van der Waals surface area contributed by atoms with E-state index in [1.54, 1.807) is 31.2 Å². The first-order valence-corrected chi connectivity index (χ1v) is 10.5. The Balaban J connectivity index is 2.52. The molecule has 0 saturated carbocycles. The van der Waals surface area contributed by atoms with E-state index in [1.165, 1.54) is 6.08 Å². The van der Waals surface area contributed by atoms with E-state index < -0.39 is 14.3 Å². The molecule has 0 amide bonds. The number of halogens is 2. The molecule has 0 aromatic heterocycles. The van der Waals surface area contributed by atoms with Gasteiger partial charge in [-0.25, -0.2) is 8.42 Å². The lowest BCUT2D eigenvalue weighted by Gasteiger charge is -2.30. The van der Waals surface area contributed by atoms with Crippen LogP contribution in [-0.4, -0.2) is 18.5 Å². The lowest BCUT2D eigenvalue weighted by molar-refractivity contribution is -0.115. The van der Waals surface area contributed by atoms with Crippen LogP contribution in [0.15, 0.2) is 51.0 Å². The number of carbonyl (C=O) groups excluding carboxylic acids is 1. The number of aryl methyl sites for hydroxylation is 1. The topological polar surface area (TPSA) is 63.2 Å². The molecule has 1 N–H and O–H groups in total. The summed E-state index contributed by atoms with van der Waals surface area (Å²) in [4.78, 5) is 12.5. The Kier molecular flexibility index (Phi) is 5.47. The molecule has 2 rings (SSSR count). The average Bonchev–Trinajstić information content (AvgIpc) is 2.48. The molecular formula is C17H19Br2NO3S. The monoisotopic (exact) mass is 475 g/mol. The minimum absolute atomic E-state index is 0.0131. The van der Waals surface area contributed by atoms with Crippen molar-refractivity contribution in [1.29, 1.82) is 0 Å². The van der Waals surface area contributed by atoms with E-state index >= 15 is 0 Å². The van der Waals surface area contributed by atoms with Crippen molar-refractivity contribution in [1.82, 2.24) is 4.72 Å². The second-order valence-electron chi connectivity index (χ2n) is 6.23. The number of sulfonamides is 1. The highest BCUT2D eigenvalue weighted by Gasteiger charge is 2.40. The Morgan fingerprint density at radius 1 is 1.17 bits per heavy atom. The summed E-state index contributed by atoms with van der Waals surface area (Å²) in [5, 5.41) is 0. The van der Waals surface area contributed by atoms with Crippen LogP contribution in [0.1, 0.15) is 26.3 Å². The maximum atomic E-state index is 12.7. The van der Waals surface area contributed by atoms with Crippen LogP contribution in [0.25, 0.3) is 0 Å². The molecule has 0 radical (unpaired) electrons. The van der Waals surface area contributed by atoms with Gasteiger partial charge in [-0.3, -0.25) is 9.52 Å². The van der Waals surface area contributed by atoms with Crippen LogP contribution < -0.4 is 4.72 Å². The smallest absolute Gasteiger partial charge is 0.261 e. The summed E-state index contributed by atoms with van der Waals surface area (Å²) >= 11 is 6.79. The highest BCUT2D eigenvalue weighted by molar-refractivity contribution is 9.14. The van der Waals surface area contributed by atoms with E-state index in [4.69, 9.17) is 0 Å². The van der Waals surface area contributed by atoms with Crippen LogP contribution >= 0.6 is 31.9 Å². The molecule has 1 aliphatic rings. The molecule has 130 valence electrons. The summed E-state index contributed by atoms with van der Waals surface area (Å²) in [5.74, 6) is -0.142. The van der Waals surface area contributed by atoms with Crippen LogP contribution in [0.4, 0.5) is 0 Å². The van der Waals surface area contributed by atoms with Crippen molar-refractivity contribution in [3.05, 3.63) is 51.7 Å². The molecule has 1 aromatic rings. The van der Waals surface area contributed by atoms with Crippen molar-refractivity contribution in [2.75, 3.05) is 0 Å². The summed E-state index contributed by atoms with van der Waals surface area (Å²) in [5.41, 5.74) is 2.04. The lowest BCUT2D eigenvalue weighted by atomic mass is 9.89. The van der Waals surface area contributed by atoms with Crippen molar-refractivity contribution in [3.8, 4) is 0 Å². The predicted octanol–water partition coefficient (Wildman–Crippen LogP) is 4.20. The molecule has 0 bridgehead atoms. The van der Waals surface area contributed by atoms with Crippen LogP contribution in [0.2, 0.25) is 0 Å². The Hall–Kier alpha value is -0.920. The fourth-order valence-electron chi connectivity index (χ4n) is 2.29. The molecular weight excluding hydrogens is 458 g/mol. The fraction of sp³-hybridized carbons (Fsp3) is 0.353. The van der Waals surface area contributed by atoms with Crippen LogP contribution in [0.3, 0.4) is 0 Å². The van der Waals surface area contributed by atoms with Gasteiger partial charge in [0.05, 0.1) is 10.6 Å².